The molecular formula is C10H17N3O10. The van der Waals surface area contributed by atoms with Crippen LogP contribution in [0.4, 0.5) is 0 Å². The Morgan fingerprint density at radius 1 is 1.17 bits per heavy atom. The van der Waals surface area contributed by atoms with Crippen LogP contribution in [-0.2, 0) is 24.0 Å². The largest absolute Gasteiger partial charge is 0.480 e. The zero-order valence-corrected chi connectivity index (χ0v) is 12.0. The third kappa shape index (κ3) is 11.6. The number of esters is 1. The summed E-state index contributed by atoms with van der Waals surface area (Å²) in [5, 5.41) is 26.5. The van der Waals surface area contributed by atoms with Crippen molar-refractivity contribution in [3.63, 3.8) is 0 Å². The fourth-order valence-corrected chi connectivity index (χ4v) is 1.40. The molecule has 0 saturated carbocycles. The average Bonchev–Trinajstić information content (AvgIpc) is 2.45. The number of ether oxygens (including phenoxy) is 1. The minimum atomic E-state index is -1.23. The zero-order valence-electron chi connectivity index (χ0n) is 12.0. The van der Waals surface area contributed by atoms with Crippen LogP contribution in [0.1, 0.15) is 25.7 Å². The summed E-state index contributed by atoms with van der Waals surface area (Å²) in [4.78, 5) is 50.1. The molecule has 13 heteroatoms. The Bertz CT molecular complexity index is 429. The van der Waals surface area contributed by atoms with Gasteiger partial charge in [-0.05, 0) is 19.3 Å². The number of carbonyl (C=O) groups is 2. The molecule has 132 valence electrons. The van der Waals surface area contributed by atoms with E-state index in [4.69, 9.17) is 15.6 Å². The maximum Gasteiger partial charge on any atom is 0.320 e. The number of rotatable bonds is 13. The molecule has 1 unspecified atom stereocenters. The van der Waals surface area contributed by atoms with Gasteiger partial charge in [-0.3, -0.25) is 9.59 Å². The summed E-state index contributed by atoms with van der Waals surface area (Å²) in [5.41, 5.74) is 5.21. The van der Waals surface area contributed by atoms with E-state index in [1.165, 1.54) is 0 Å². The minimum Gasteiger partial charge on any atom is -0.480 e. The fraction of sp³-hybridized carbons (Fsp3) is 0.800. The monoisotopic (exact) mass is 339 g/mol. The maximum absolute atomic E-state index is 11.3. The minimum absolute atomic E-state index is 0.0171. The lowest BCUT2D eigenvalue weighted by Gasteiger charge is -2.13. The van der Waals surface area contributed by atoms with Crippen LogP contribution in [0.15, 0.2) is 0 Å². The van der Waals surface area contributed by atoms with Crippen molar-refractivity contribution in [1.29, 1.82) is 0 Å². The first-order chi connectivity index (χ1) is 10.7. The summed E-state index contributed by atoms with van der Waals surface area (Å²) >= 11 is 0. The molecule has 0 saturated heterocycles. The van der Waals surface area contributed by atoms with E-state index in [2.05, 4.69) is 9.68 Å². The van der Waals surface area contributed by atoms with Crippen molar-refractivity contribution in [1.82, 2.24) is 0 Å². The molecule has 0 aromatic rings. The van der Waals surface area contributed by atoms with E-state index < -0.39 is 40.9 Å². The molecule has 2 atom stereocenters. The van der Waals surface area contributed by atoms with Gasteiger partial charge in [-0.1, -0.05) is 0 Å². The first-order valence-electron chi connectivity index (χ1n) is 6.44. The maximum atomic E-state index is 11.3. The second-order valence-electron chi connectivity index (χ2n) is 4.32. The topological polar surface area (TPSA) is 194 Å². The Hall–Kier alpha value is -2.70. The lowest BCUT2D eigenvalue weighted by molar-refractivity contribution is -0.790. The number of hydrogen-bond acceptors (Lipinski definition) is 10. The molecule has 0 aromatic heterocycles. The SMILES string of the molecule is N[C@@H](CCC(=O)OCCCC(CO[N+](=O)[O-])O[N+](=O)[O-])C(=O)O. The molecule has 0 heterocycles. The van der Waals surface area contributed by atoms with Crippen molar-refractivity contribution < 1.29 is 39.3 Å². The van der Waals surface area contributed by atoms with Crippen molar-refractivity contribution in [3.8, 4) is 0 Å². The highest BCUT2D eigenvalue weighted by Crippen LogP contribution is 2.05. The highest BCUT2D eigenvalue weighted by molar-refractivity contribution is 5.75. The number of hydrogen-bond donors (Lipinski definition) is 2. The van der Waals surface area contributed by atoms with Gasteiger partial charge in [-0.2, -0.15) is 0 Å². The molecule has 0 amide bonds. The lowest BCUT2D eigenvalue weighted by atomic mass is 10.2. The van der Waals surface area contributed by atoms with Gasteiger partial charge in [-0.25, -0.2) is 0 Å². The van der Waals surface area contributed by atoms with E-state index >= 15 is 0 Å². The normalized spacial score (nSPS) is 12.7. The van der Waals surface area contributed by atoms with E-state index in [0.717, 1.165) is 0 Å². The van der Waals surface area contributed by atoms with Crippen LogP contribution in [0.3, 0.4) is 0 Å². The lowest BCUT2D eigenvalue weighted by Crippen LogP contribution is -2.30. The summed E-state index contributed by atoms with van der Waals surface area (Å²) in [6, 6.07) is -1.17. The molecule has 0 rings (SSSR count). The van der Waals surface area contributed by atoms with Crippen LogP contribution in [0.2, 0.25) is 0 Å². The quantitative estimate of drug-likeness (QED) is 0.186. The smallest absolute Gasteiger partial charge is 0.320 e. The second kappa shape index (κ2) is 10.9. The van der Waals surface area contributed by atoms with Crippen LogP contribution in [0, 0.1) is 20.2 Å². The Morgan fingerprint density at radius 2 is 1.83 bits per heavy atom. The molecule has 0 fully saturated rings. The van der Waals surface area contributed by atoms with Gasteiger partial charge in [0, 0.05) is 6.42 Å². The van der Waals surface area contributed by atoms with Crippen molar-refractivity contribution >= 4 is 11.9 Å². The molecule has 3 N–H and O–H groups in total. The molecule has 0 aliphatic heterocycles. The molecule has 0 aliphatic rings. The first-order valence-corrected chi connectivity index (χ1v) is 6.44. The number of carbonyl (C=O) groups excluding carboxylic acids is 1. The highest BCUT2D eigenvalue weighted by atomic mass is 17.0. The molecule has 0 bridgehead atoms. The van der Waals surface area contributed by atoms with Gasteiger partial charge in [0.15, 0.2) is 0 Å². The summed E-state index contributed by atoms with van der Waals surface area (Å²) in [7, 11) is 0. The van der Waals surface area contributed by atoms with Crippen LogP contribution in [0.25, 0.3) is 0 Å². The van der Waals surface area contributed by atoms with Gasteiger partial charge in [0.05, 0.1) is 6.61 Å². The van der Waals surface area contributed by atoms with Gasteiger partial charge in [0.2, 0.25) is 0 Å². The Kier molecular flexibility index (Phi) is 9.66. The third-order valence-corrected chi connectivity index (χ3v) is 2.51. The molecule has 0 aliphatic carbocycles. The van der Waals surface area contributed by atoms with Gasteiger partial charge >= 0.3 is 11.9 Å². The zero-order chi connectivity index (χ0) is 17.8. The van der Waals surface area contributed by atoms with E-state index in [0.29, 0.717) is 0 Å². The van der Waals surface area contributed by atoms with Gasteiger partial charge in [-0.15, -0.1) is 20.2 Å². The number of carboxylic acids is 1. The number of carboxylic acid groups (broad SMARTS) is 1. The van der Waals surface area contributed by atoms with Crippen LogP contribution in [-0.4, -0.2) is 52.6 Å². The molecule has 0 spiro atoms. The second-order valence-corrected chi connectivity index (χ2v) is 4.32. The summed E-state index contributed by atoms with van der Waals surface area (Å²) in [6.45, 7) is -0.743. The van der Waals surface area contributed by atoms with E-state index in [9.17, 15) is 29.8 Å². The van der Waals surface area contributed by atoms with Crippen molar-refractivity contribution in [2.45, 2.75) is 37.8 Å². The third-order valence-electron chi connectivity index (χ3n) is 2.51. The summed E-state index contributed by atoms with van der Waals surface area (Å²) in [6.07, 6.45) is -1.33. The molecule has 0 aromatic carbocycles. The number of aliphatic carboxylic acids is 1. The van der Waals surface area contributed by atoms with Gasteiger partial charge in [0.1, 0.15) is 18.8 Å². The van der Waals surface area contributed by atoms with E-state index in [-0.39, 0.29) is 32.3 Å². The molecular weight excluding hydrogens is 322 g/mol. The predicted molar refractivity (Wildman–Crippen MR) is 69.9 cm³/mol. The first kappa shape index (κ1) is 20.3. The average molecular weight is 339 g/mol. The Morgan fingerprint density at radius 3 is 2.35 bits per heavy atom. The van der Waals surface area contributed by atoms with Crippen LogP contribution in [0.5, 0.6) is 0 Å². The predicted octanol–water partition coefficient (Wildman–Crippen LogP) is -0.713. The molecule has 13 nitrogen and oxygen atoms in total. The van der Waals surface area contributed by atoms with E-state index in [1.807, 2.05) is 0 Å². The van der Waals surface area contributed by atoms with Gasteiger partial charge < -0.3 is 25.3 Å². The highest BCUT2D eigenvalue weighted by Gasteiger charge is 2.17. The van der Waals surface area contributed by atoms with Crippen molar-refractivity contribution in [2.24, 2.45) is 5.73 Å². The standard InChI is InChI=1S/C10H17N3O10/c11-8(10(15)16)3-4-9(14)21-5-1-2-7(23-13(19)20)6-22-12(17)18/h7-8H,1-6,11H2,(H,15,16)/t7?,8-/m0/s1. The molecule has 0 radical (unpaired) electrons. The van der Waals surface area contributed by atoms with Crippen molar-refractivity contribution in [3.05, 3.63) is 20.2 Å². The number of nitrogens with zero attached hydrogens (tertiary/aromatic N) is 2. The van der Waals surface area contributed by atoms with Crippen LogP contribution >= 0.6 is 0 Å². The van der Waals surface area contributed by atoms with Crippen LogP contribution < -0.4 is 5.73 Å². The summed E-state index contributed by atoms with van der Waals surface area (Å²) in [5.74, 6) is -1.90. The Balaban J connectivity index is 3.94. The summed E-state index contributed by atoms with van der Waals surface area (Å²) < 4.78 is 4.77. The molecule has 23 heavy (non-hydrogen) atoms. The van der Waals surface area contributed by atoms with E-state index in [1.54, 1.807) is 0 Å². The van der Waals surface area contributed by atoms with Crippen molar-refractivity contribution in [2.75, 3.05) is 13.2 Å². The Labute approximate surface area is 129 Å². The van der Waals surface area contributed by atoms with Gasteiger partial charge in [0.25, 0.3) is 10.2 Å². The fourth-order valence-electron chi connectivity index (χ4n) is 1.40. The number of nitrogens with two attached hydrogens (primary N) is 1.